The molecular weight excluding hydrogens is 336 g/mol. The number of amides is 1. The minimum Gasteiger partial charge on any atom is -0.380 e. The normalized spacial score (nSPS) is 25.3. The molecule has 0 aliphatic carbocycles. The van der Waals surface area contributed by atoms with Crippen molar-refractivity contribution >= 4 is 17.2 Å². The quantitative estimate of drug-likeness (QED) is 0.796. The summed E-state index contributed by atoms with van der Waals surface area (Å²) in [6.45, 7) is 4.11. The van der Waals surface area contributed by atoms with Crippen molar-refractivity contribution in [3.63, 3.8) is 0 Å². The zero-order valence-corrected chi connectivity index (χ0v) is 14.9. The Balaban J connectivity index is 1.36. The molecule has 2 aliphatic rings. The Labute approximate surface area is 151 Å². The van der Waals surface area contributed by atoms with E-state index in [1.54, 1.807) is 23.7 Å². The molecule has 0 saturated carbocycles. The number of likely N-dealkylation sites (tertiary alicyclic amines) is 1. The molecule has 0 spiro atoms. The first-order chi connectivity index (χ1) is 12.3. The third-order valence-corrected chi connectivity index (χ3v) is 5.95. The first-order valence-electron chi connectivity index (χ1n) is 8.58. The van der Waals surface area contributed by atoms with Crippen LogP contribution in [0, 0.1) is 11.3 Å². The molecule has 2 fully saturated rings. The Morgan fingerprint density at radius 1 is 1.36 bits per heavy atom. The monoisotopic (exact) mass is 358 g/mol. The summed E-state index contributed by atoms with van der Waals surface area (Å²) in [6.07, 6.45) is 4.04. The van der Waals surface area contributed by atoms with E-state index in [-0.39, 0.29) is 11.3 Å². The lowest BCUT2D eigenvalue weighted by Crippen LogP contribution is -2.37. The Bertz CT molecular complexity index is 707. The Morgan fingerprint density at radius 3 is 3.04 bits per heavy atom. The number of hydrogen-bond acceptors (Lipinski definition) is 5. The van der Waals surface area contributed by atoms with Gasteiger partial charge in [0.1, 0.15) is 0 Å². The van der Waals surface area contributed by atoms with Gasteiger partial charge in [-0.15, -0.1) is 0 Å². The third-order valence-electron chi connectivity index (χ3n) is 5.22. The number of hydrogen-bond donors (Lipinski definition) is 0. The number of ether oxygens (including phenoxy) is 2. The predicted octanol–water partition coefficient (Wildman–Crippen LogP) is 2.38. The molecule has 2 saturated heterocycles. The van der Waals surface area contributed by atoms with Gasteiger partial charge in [0.15, 0.2) is 0 Å². The number of nitrogens with zero attached hydrogens (tertiary/aromatic N) is 2. The van der Waals surface area contributed by atoms with Crippen molar-refractivity contribution in [1.29, 1.82) is 0 Å². The maximum absolute atomic E-state index is 12.6. The molecule has 4 heterocycles. The molecule has 5 nitrogen and oxygen atoms in total. The van der Waals surface area contributed by atoms with Crippen LogP contribution in [0.5, 0.6) is 0 Å². The van der Waals surface area contributed by atoms with E-state index in [4.69, 9.17) is 9.47 Å². The van der Waals surface area contributed by atoms with Crippen molar-refractivity contribution in [3.8, 4) is 0 Å². The van der Waals surface area contributed by atoms with Gasteiger partial charge in [-0.3, -0.25) is 9.78 Å². The molecule has 2 atom stereocenters. The van der Waals surface area contributed by atoms with Crippen molar-refractivity contribution in [2.75, 3.05) is 32.9 Å². The maximum atomic E-state index is 12.6. The molecule has 0 bridgehead atoms. The highest BCUT2D eigenvalue weighted by molar-refractivity contribution is 7.08. The summed E-state index contributed by atoms with van der Waals surface area (Å²) in [5.41, 5.74) is 2.16. The summed E-state index contributed by atoms with van der Waals surface area (Å²) in [5, 5.41) is 4.06. The topological polar surface area (TPSA) is 51.7 Å². The van der Waals surface area contributed by atoms with Crippen molar-refractivity contribution < 1.29 is 14.3 Å². The zero-order chi connectivity index (χ0) is 17.1. The molecule has 0 unspecified atom stereocenters. The largest absolute Gasteiger partial charge is 0.380 e. The number of carbonyl (C=O) groups is 1. The van der Waals surface area contributed by atoms with Crippen molar-refractivity contribution in [1.82, 2.24) is 9.88 Å². The summed E-state index contributed by atoms with van der Waals surface area (Å²) in [7, 11) is 0. The molecule has 2 aromatic rings. The SMILES string of the molecule is O=C(Cc1ccsc1)N1C[C@@H]2COC[C@]2(COCc2ccncc2)C1. The van der Waals surface area contributed by atoms with Gasteiger partial charge in [-0.2, -0.15) is 11.3 Å². The van der Waals surface area contributed by atoms with Gasteiger partial charge in [0.05, 0.1) is 32.8 Å². The maximum Gasteiger partial charge on any atom is 0.227 e. The van der Waals surface area contributed by atoms with E-state index in [0.717, 1.165) is 30.8 Å². The predicted molar refractivity (Wildman–Crippen MR) is 95.2 cm³/mol. The lowest BCUT2D eigenvalue weighted by Gasteiger charge is -2.27. The van der Waals surface area contributed by atoms with Crippen LogP contribution in [0.3, 0.4) is 0 Å². The molecule has 25 heavy (non-hydrogen) atoms. The van der Waals surface area contributed by atoms with E-state index in [1.807, 2.05) is 33.9 Å². The molecule has 1 amide bonds. The highest BCUT2D eigenvalue weighted by Gasteiger charge is 2.51. The van der Waals surface area contributed by atoms with Crippen LogP contribution in [0.4, 0.5) is 0 Å². The summed E-state index contributed by atoms with van der Waals surface area (Å²) in [5.74, 6) is 0.581. The van der Waals surface area contributed by atoms with Crippen LogP contribution in [0.1, 0.15) is 11.1 Å². The highest BCUT2D eigenvalue weighted by atomic mass is 32.1. The fourth-order valence-electron chi connectivity index (χ4n) is 3.76. The second-order valence-electron chi connectivity index (χ2n) is 7.01. The number of rotatable bonds is 6. The third kappa shape index (κ3) is 3.61. The van der Waals surface area contributed by atoms with Gasteiger partial charge in [-0.1, -0.05) is 0 Å². The van der Waals surface area contributed by atoms with E-state index >= 15 is 0 Å². The van der Waals surface area contributed by atoms with Crippen LogP contribution in [0.25, 0.3) is 0 Å². The van der Waals surface area contributed by atoms with Crippen LogP contribution < -0.4 is 0 Å². The zero-order valence-electron chi connectivity index (χ0n) is 14.1. The Morgan fingerprint density at radius 2 is 2.24 bits per heavy atom. The molecule has 0 N–H and O–H groups in total. The average molecular weight is 358 g/mol. The van der Waals surface area contributed by atoms with Crippen LogP contribution in [-0.2, 0) is 27.3 Å². The second-order valence-corrected chi connectivity index (χ2v) is 7.79. The fourth-order valence-corrected chi connectivity index (χ4v) is 4.43. The molecule has 132 valence electrons. The minimum atomic E-state index is -0.0582. The van der Waals surface area contributed by atoms with Crippen LogP contribution in [0.2, 0.25) is 0 Å². The number of carbonyl (C=O) groups excluding carboxylic acids is 1. The van der Waals surface area contributed by atoms with Gasteiger partial charge in [-0.25, -0.2) is 0 Å². The molecule has 0 radical (unpaired) electrons. The van der Waals surface area contributed by atoms with Crippen LogP contribution in [0.15, 0.2) is 41.4 Å². The van der Waals surface area contributed by atoms with Gasteiger partial charge < -0.3 is 14.4 Å². The Kier molecular flexibility index (Phi) is 4.83. The van der Waals surface area contributed by atoms with Crippen molar-refractivity contribution in [2.24, 2.45) is 11.3 Å². The molecule has 6 heteroatoms. The number of fused-ring (bicyclic) bond motifs is 1. The van der Waals surface area contributed by atoms with E-state index < -0.39 is 0 Å². The van der Waals surface area contributed by atoms with E-state index in [2.05, 4.69) is 4.98 Å². The number of pyridine rings is 1. The fraction of sp³-hybridized carbons (Fsp3) is 0.474. The molecule has 0 aromatic carbocycles. The first-order valence-corrected chi connectivity index (χ1v) is 9.53. The second kappa shape index (κ2) is 7.23. The van der Waals surface area contributed by atoms with Gasteiger partial charge in [-0.05, 0) is 40.1 Å². The number of thiophene rings is 1. The Hall–Kier alpha value is -1.76. The number of aromatic nitrogens is 1. The van der Waals surface area contributed by atoms with Gasteiger partial charge in [0, 0.05) is 36.8 Å². The first kappa shape index (κ1) is 16.7. The van der Waals surface area contributed by atoms with E-state index in [0.29, 0.717) is 32.2 Å². The van der Waals surface area contributed by atoms with Gasteiger partial charge in [0.25, 0.3) is 0 Å². The van der Waals surface area contributed by atoms with Gasteiger partial charge >= 0.3 is 0 Å². The summed E-state index contributed by atoms with van der Waals surface area (Å²) in [6, 6.07) is 5.95. The average Bonchev–Trinajstić information content (AvgIpc) is 3.31. The molecule has 4 rings (SSSR count). The summed E-state index contributed by atoms with van der Waals surface area (Å²) in [4.78, 5) is 18.6. The van der Waals surface area contributed by atoms with Gasteiger partial charge in [0.2, 0.25) is 5.91 Å². The van der Waals surface area contributed by atoms with Crippen LogP contribution in [-0.4, -0.2) is 48.7 Å². The van der Waals surface area contributed by atoms with E-state index in [9.17, 15) is 4.79 Å². The standard InChI is InChI=1S/C19H22N2O3S/c22-18(7-16-3-6-25-11-16)21-8-17-10-24-14-19(17,12-21)13-23-9-15-1-4-20-5-2-15/h1-6,11,17H,7-10,12-14H2/t17-,19-/m1/s1. The van der Waals surface area contributed by atoms with E-state index in [1.165, 1.54) is 0 Å². The van der Waals surface area contributed by atoms with Crippen molar-refractivity contribution in [2.45, 2.75) is 13.0 Å². The van der Waals surface area contributed by atoms with Crippen LogP contribution >= 0.6 is 11.3 Å². The molecular formula is C19H22N2O3S. The lowest BCUT2D eigenvalue weighted by atomic mass is 9.82. The molecule has 2 aromatic heterocycles. The summed E-state index contributed by atoms with van der Waals surface area (Å²) >= 11 is 1.63. The lowest BCUT2D eigenvalue weighted by molar-refractivity contribution is -0.130. The van der Waals surface area contributed by atoms with Crippen molar-refractivity contribution in [3.05, 3.63) is 52.5 Å². The molecule has 2 aliphatic heterocycles. The smallest absolute Gasteiger partial charge is 0.227 e. The highest BCUT2D eigenvalue weighted by Crippen LogP contribution is 2.41. The summed E-state index contributed by atoms with van der Waals surface area (Å²) < 4.78 is 11.7. The minimum absolute atomic E-state index is 0.0582.